The number of benzene rings is 2. The van der Waals surface area contributed by atoms with Crippen molar-refractivity contribution in [3.8, 4) is 0 Å². The normalized spacial score (nSPS) is 11.2. The van der Waals surface area contributed by atoms with Gasteiger partial charge in [0.1, 0.15) is 12.1 Å². The van der Waals surface area contributed by atoms with E-state index in [1.807, 2.05) is 18.2 Å². The molecule has 144 valence electrons. The van der Waals surface area contributed by atoms with Gasteiger partial charge in [-0.2, -0.15) is 0 Å². The van der Waals surface area contributed by atoms with Crippen molar-refractivity contribution >= 4 is 28.3 Å². The summed E-state index contributed by atoms with van der Waals surface area (Å²) in [6, 6.07) is 14.3. The predicted octanol–water partition coefficient (Wildman–Crippen LogP) is 4.71. The number of hydrogen-bond acceptors (Lipinski definition) is 4. The molecule has 0 saturated carbocycles. The quantitative estimate of drug-likeness (QED) is 0.614. The van der Waals surface area contributed by atoms with Crippen LogP contribution in [0, 0.1) is 0 Å². The van der Waals surface area contributed by atoms with E-state index in [4.69, 9.17) is 0 Å². The molecule has 5 heteroatoms. The summed E-state index contributed by atoms with van der Waals surface area (Å²) in [5.74, 6) is 0.510. The monoisotopic (exact) mass is 374 g/mol. The molecule has 2 aromatic carbocycles. The highest BCUT2D eigenvalue weighted by molar-refractivity contribution is 6.01. The van der Waals surface area contributed by atoms with Crippen LogP contribution < -0.4 is 10.6 Å². The van der Waals surface area contributed by atoms with Crippen LogP contribution in [0.25, 0.3) is 10.9 Å². The number of hydrogen-bond donors (Lipinski definition) is 2. The molecule has 0 spiro atoms. The van der Waals surface area contributed by atoms with Crippen LogP contribution in [-0.4, -0.2) is 22.4 Å². The summed E-state index contributed by atoms with van der Waals surface area (Å²) in [7, 11) is 0. The highest BCUT2D eigenvalue weighted by Gasteiger charge is 2.12. The first-order valence-corrected chi connectivity index (χ1v) is 9.38. The highest BCUT2D eigenvalue weighted by atomic mass is 16.1. The molecule has 0 saturated heterocycles. The number of rotatable bonds is 6. The maximum Gasteiger partial charge on any atom is 0.247 e. The van der Waals surface area contributed by atoms with Crippen molar-refractivity contribution in [2.45, 2.75) is 32.6 Å². The number of anilines is 2. The first-order valence-electron chi connectivity index (χ1n) is 9.38. The summed E-state index contributed by atoms with van der Waals surface area (Å²) >= 11 is 0. The van der Waals surface area contributed by atoms with Crippen LogP contribution >= 0.6 is 0 Å². The molecule has 3 aromatic rings. The Morgan fingerprint density at radius 2 is 1.86 bits per heavy atom. The summed E-state index contributed by atoms with van der Waals surface area (Å²) in [6.45, 7) is 10.9. The van der Waals surface area contributed by atoms with Gasteiger partial charge in [0.25, 0.3) is 0 Å². The molecule has 0 fully saturated rings. The Hall–Kier alpha value is -3.21. The molecule has 0 atom stereocenters. The Labute approximate surface area is 165 Å². The fraction of sp³-hybridized carbons (Fsp3) is 0.261. The second kappa shape index (κ2) is 8.21. The number of aromatic nitrogens is 2. The van der Waals surface area contributed by atoms with Gasteiger partial charge in [-0.25, -0.2) is 9.97 Å². The van der Waals surface area contributed by atoms with E-state index in [0.717, 1.165) is 29.7 Å². The molecule has 0 aliphatic carbocycles. The van der Waals surface area contributed by atoms with Gasteiger partial charge in [0, 0.05) is 17.6 Å². The molecular formula is C23H26N4O. The molecule has 1 heterocycles. The number of nitrogens with one attached hydrogen (secondary N) is 2. The van der Waals surface area contributed by atoms with Crippen LogP contribution in [-0.2, 0) is 16.6 Å². The zero-order chi connectivity index (χ0) is 20.1. The molecule has 2 N–H and O–H groups in total. The maximum absolute atomic E-state index is 11.5. The van der Waals surface area contributed by atoms with Gasteiger partial charge in [0.2, 0.25) is 5.91 Å². The van der Waals surface area contributed by atoms with Gasteiger partial charge >= 0.3 is 0 Å². The van der Waals surface area contributed by atoms with Crippen LogP contribution in [0.1, 0.15) is 31.9 Å². The Morgan fingerprint density at radius 1 is 1.11 bits per heavy atom. The fourth-order valence-corrected chi connectivity index (χ4v) is 2.97. The van der Waals surface area contributed by atoms with Gasteiger partial charge < -0.3 is 10.6 Å². The van der Waals surface area contributed by atoms with E-state index in [2.05, 4.69) is 72.2 Å². The van der Waals surface area contributed by atoms with Crippen molar-refractivity contribution in [2.75, 3.05) is 17.2 Å². The average molecular weight is 374 g/mol. The number of nitrogens with zero attached hydrogens (tertiary/aromatic N) is 2. The van der Waals surface area contributed by atoms with Crippen molar-refractivity contribution in [1.29, 1.82) is 0 Å². The number of fused-ring (bicyclic) bond motifs is 1. The van der Waals surface area contributed by atoms with Crippen LogP contribution in [0.5, 0.6) is 0 Å². The van der Waals surface area contributed by atoms with E-state index >= 15 is 0 Å². The maximum atomic E-state index is 11.5. The van der Waals surface area contributed by atoms with Gasteiger partial charge in [-0.3, -0.25) is 4.79 Å². The minimum atomic E-state index is -0.246. The molecule has 3 rings (SSSR count). The summed E-state index contributed by atoms with van der Waals surface area (Å²) in [5.41, 5.74) is 4.28. The predicted molar refractivity (Wildman–Crippen MR) is 116 cm³/mol. The molecule has 0 radical (unpaired) electrons. The van der Waals surface area contributed by atoms with Gasteiger partial charge in [-0.05, 0) is 47.2 Å². The molecule has 5 nitrogen and oxygen atoms in total. The lowest BCUT2D eigenvalue weighted by Gasteiger charge is -2.19. The molecular weight excluding hydrogens is 348 g/mol. The zero-order valence-electron chi connectivity index (χ0n) is 16.6. The second-order valence-corrected chi connectivity index (χ2v) is 7.77. The van der Waals surface area contributed by atoms with Gasteiger partial charge in [-0.1, -0.05) is 51.6 Å². The van der Waals surface area contributed by atoms with E-state index in [-0.39, 0.29) is 11.3 Å². The first-order chi connectivity index (χ1) is 13.4. The first kappa shape index (κ1) is 19.5. The van der Waals surface area contributed by atoms with Crippen LogP contribution in [0.3, 0.4) is 0 Å². The fourth-order valence-electron chi connectivity index (χ4n) is 2.97. The molecule has 0 aliphatic rings. The van der Waals surface area contributed by atoms with E-state index in [1.165, 1.54) is 17.2 Å². The Kier molecular flexibility index (Phi) is 5.73. The summed E-state index contributed by atoms with van der Waals surface area (Å²) < 4.78 is 0. The largest absolute Gasteiger partial charge is 0.369 e. The summed E-state index contributed by atoms with van der Waals surface area (Å²) in [6.07, 6.45) is 3.68. The van der Waals surface area contributed by atoms with Crippen LogP contribution in [0.15, 0.2) is 61.4 Å². The van der Waals surface area contributed by atoms with Crippen molar-refractivity contribution < 1.29 is 4.79 Å². The van der Waals surface area contributed by atoms with E-state index in [1.54, 1.807) is 6.33 Å². The third-order valence-corrected chi connectivity index (χ3v) is 4.61. The van der Waals surface area contributed by atoms with Gasteiger partial charge in [0.15, 0.2) is 0 Å². The number of amides is 1. The Balaban J connectivity index is 1.70. The van der Waals surface area contributed by atoms with Crippen molar-refractivity contribution in [3.63, 3.8) is 0 Å². The van der Waals surface area contributed by atoms with Gasteiger partial charge in [0.05, 0.1) is 5.52 Å². The third kappa shape index (κ3) is 4.74. The van der Waals surface area contributed by atoms with Gasteiger partial charge in [-0.15, -0.1) is 0 Å². The number of carbonyl (C=O) groups excluding carboxylic acids is 1. The molecule has 28 heavy (non-hydrogen) atoms. The van der Waals surface area contributed by atoms with Crippen LogP contribution in [0.2, 0.25) is 0 Å². The lowest BCUT2D eigenvalue weighted by molar-refractivity contribution is -0.111. The number of carbonyl (C=O) groups is 1. The van der Waals surface area contributed by atoms with Crippen molar-refractivity contribution in [2.24, 2.45) is 0 Å². The second-order valence-electron chi connectivity index (χ2n) is 7.77. The van der Waals surface area contributed by atoms with Crippen molar-refractivity contribution in [3.05, 3.63) is 72.6 Å². The van der Waals surface area contributed by atoms with E-state index < -0.39 is 0 Å². The third-order valence-electron chi connectivity index (χ3n) is 4.61. The standard InChI is InChI=1S/C23H26N4O/c1-5-21(28)27-18-10-11-20-19(14-18)22(26-15-25-20)24-13-12-16-6-8-17(9-7-16)23(2,3)4/h5-11,14-15H,1,12-13H2,2-4H3,(H,27,28)(H,24,25,26). The zero-order valence-corrected chi connectivity index (χ0v) is 16.6. The SMILES string of the molecule is C=CC(=O)Nc1ccc2ncnc(NCCc3ccc(C(C)(C)C)cc3)c2c1. The van der Waals surface area contributed by atoms with Crippen LogP contribution in [0.4, 0.5) is 11.5 Å². The van der Waals surface area contributed by atoms with E-state index in [9.17, 15) is 4.79 Å². The Morgan fingerprint density at radius 3 is 2.54 bits per heavy atom. The lowest BCUT2D eigenvalue weighted by Crippen LogP contribution is -2.11. The van der Waals surface area contributed by atoms with E-state index in [0.29, 0.717) is 5.69 Å². The molecule has 1 aromatic heterocycles. The lowest BCUT2D eigenvalue weighted by atomic mass is 9.86. The smallest absolute Gasteiger partial charge is 0.247 e. The topological polar surface area (TPSA) is 66.9 Å². The van der Waals surface area contributed by atoms with Crippen molar-refractivity contribution in [1.82, 2.24) is 9.97 Å². The Bertz CT molecular complexity index is 988. The molecule has 1 amide bonds. The minimum Gasteiger partial charge on any atom is -0.369 e. The molecule has 0 aliphatic heterocycles. The summed E-state index contributed by atoms with van der Waals surface area (Å²) in [5, 5.41) is 7.03. The highest BCUT2D eigenvalue weighted by Crippen LogP contribution is 2.24. The minimum absolute atomic E-state index is 0.162. The molecule has 0 unspecified atom stereocenters. The summed E-state index contributed by atoms with van der Waals surface area (Å²) in [4.78, 5) is 20.2. The average Bonchev–Trinajstić information content (AvgIpc) is 2.68. The molecule has 0 bridgehead atoms.